The molecule has 1 aromatic carbocycles. The van der Waals surface area contributed by atoms with Crippen molar-refractivity contribution in [3.8, 4) is 0 Å². The maximum atomic E-state index is 12.5. The van der Waals surface area contributed by atoms with Gasteiger partial charge in [-0.1, -0.05) is 18.2 Å². The van der Waals surface area contributed by atoms with E-state index < -0.39 is 10.0 Å². The molecule has 1 aliphatic carbocycles. The zero-order chi connectivity index (χ0) is 12.8. The van der Waals surface area contributed by atoms with Gasteiger partial charge in [-0.2, -0.15) is 4.31 Å². The fourth-order valence-electron chi connectivity index (χ4n) is 3.20. The van der Waals surface area contributed by atoms with Gasteiger partial charge in [-0.25, -0.2) is 8.42 Å². The van der Waals surface area contributed by atoms with Crippen LogP contribution in [0.3, 0.4) is 0 Å². The number of nitrogens with zero attached hydrogens (tertiary/aromatic N) is 1. The van der Waals surface area contributed by atoms with Gasteiger partial charge in [-0.05, 0) is 36.8 Å². The molecule has 0 amide bonds. The van der Waals surface area contributed by atoms with Gasteiger partial charge in [0.15, 0.2) is 0 Å². The predicted molar refractivity (Wildman–Crippen MR) is 69.4 cm³/mol. The predicted octanol–water partition coefficient (Wildman–Crippen LogP) is 1.04. The summed E-state index contributed by atoms with van der Waals surface area (Å²) in [5.74, 6) is 0.807. The highest BCUT2D eigenvalue weighted by Gasteiger charge is 2.44. The van der Waals surface area contributed by atoms with E-state index in [-0.39, 0.29) is 6.04 Å². The van der Waals surface area contributed by atoms with Crippen molar-refractivity contribution >= 4 is 10.0 Å². The molecule has 1 saturated carbocycles. The number of rotatable bonds is 2. The van der Waals surface area contributed by atoms with Gasteiger partial charge in [0.1, 0.15) is 0 Å². The van der Waals surface area contributed by atoms with E-state index in [9.17, 15) is 8.42 Å². The highest BCUT2D eigenvalue weighted by molar-refractivity contribution is 7.89. The van der Waals surface area contributed by atoms with E-state index in [2.05, 4.69) is 0 Å². The Balaban J connectivity index is 1.85. The molecule has 0 spiro atoms. The summed E-state index contributed by atoms with van der Waals surface area (Å²) in [5.41, 5.74) is 6.04. The van der Waals surface area contributed by atoms with Crippen LogP contribution in [0, 0.1) is 11.8 Å². The van der Waals surface area contributed by atoms with Crippen LogP contribution in [0.25, 0.3) is 0 Å². The first-order valence-electron chi connectivity index (χ1n) is 6.40. The Bertz CT molecular complexity index is 529. The van der Waals surface area contributed by atoms with E-state index in [1.165, 1.54) is 0 Å². The lowest BCUT2D eigenvalue weighted by atomic mass is 9.98. The highest BCUT2D eigenvalue weighted by atomic mass is 32.2. The summed E-state index contributed by atoms with van der Waals surface area (Å²) >= 11 is 0. The summed E-state index contributed by atoms with van der Waals surface area (Å²) in [7, 11) is -3.33. The molecule has 0 unspecified atom stereocenters. The lowest BCUT2D eigenvalue weighted by Crippen LogP contribution is -2.33. The Kier molecular flexibility index (Phi) is 2.92. The van der Waals surface area contributed by atoms with Crippen molar-refractivity contribution in [3.05, 3.63) is 30.3 Å². The molecule has 1 saturated heterocycles. The van der Waals surface area contributed by atoms with Crippen LogP contribution in [-0.2, 0) is 10.0 Å². The van der Waals surface area contributed by atoms with E-state index in [4.69, 9.17) is 5.73 Å². The second kappa shape index (κ2) is 4.33. The molecule has 3 rings (SSSR count). The molecule has 2 aliphatic rings. The normalized spacial score (nSPS) is 32.6. The molecule has 4 nitrogen and oxygen atoms in total. The second-order valence-corrected chi connectivity index (χ2v) is 7.24. The first-order chi connectivity index (χ1) is 8.59. The molecule has 18 heavy (non-hydrogen) atoms. The molecule has 1 aromatic rings. The molecule has 2 N–H and O–H groups in total. The smallest absolute Gasteiger partial charge is 0.243 e. The fourth-order valence-corrected chi connectivity index (χ4v) is 4.76. The molecular formula is C13H18N2O2S. The number of nitrogens with two attached hydrogens (primary N) is 1. The van der Waals surface area contributed by atoms with Crippen molar-refractivity contribution in [1.82, 2.24) is 4.31 Å². The first kappa shape index (κ1) is 12.1. The van der Waals surface area contributed by atoms with Gasteiger partial charge in [0.05, 0.1) is 4.90 Å². The quantitative estimate of drug-likeness (QED) is 0.870. The molecule has 0 radical (unpaired) electrons. The Hall–Kier alpha value is -0.910. The molecule has 2 fully saturated rings. The fraction of sp³-hybridized carbons (Fsp3) is 0.538. The van der Waals surface area contributed by atoms with E-state index in [1.807, 2.05) is 6.07 Å². The highest BCUT2D eigenvalue weighted by Crippen LogP contribution is 2.39. The second-order valence-electron chi connectivity index (χ2n) is 5.30. The maximum Gasteiger partial charge on any atom is 0.243 e. The van der Waals surface area contributed by atoms with Gasteiger partial charge in [-0.3, -0.25) is 0 Å². The van der Waals surface area contributed by atoms with Crippen LogP contribution in [0.2, 0.25) is 0 Å². The first-order valence-corrected chi connectivity index (χ1v) is 7.84. The summed E-state index contributed by atoms with van der Waals surface area (Å²) in [6.07, 6.45) is 2.10. The van der Waals surface area contributed by atoms with Gasteiger partial charge >= 0.3 is 0 Å². The lowest BCUT2D eigenvalue weighted by molar-refractivity contribution is 0.427. The Morgan fingerprint density at radius 2 is 1.83 bits per heavy atom. The SMILES string of the molecule is N[C@@H]1CC[C@H]2CN(S(=O)(=O)c3ccccc3)C[C@H]21. The lowest BCUT2D eigenvalue weighted by Gasteiger charge is -2.18. The van der Waals surface area contributed by atoms with Crippen LogP contribution in [0.4, 0.5) is 0 Å². The molecule has 1 aliphatic heterocycles. The van der Waals surface area contributed by atoms with Gasteiger partial charge < -0.3 is 5.73 Å². The van der Waals surface area contributed by atoms with Crippen molar-refractivity contribution in [2.75, 3.05) is 13.1 Å². The number of hydrogen-bond donors (Lipinski definition) is 1. The van der Waals surface area contributed by atoms with Crippen LogP contribution < -0.4 is 5.73 Å². The van der Waals surface area contributed by atoms with Crippen molar-refractivity contribution in [3.63, 3.8) is 0 Å². The third kappa shape index (κ3) is 1.86. The summed E-state index contributed by atoms with van der Waals surface area (Å²) in [6, 6.07) is 8.83. The Morgan fingerprint density at radius 3 is 2.50 bits per heavy atom. The van der Waals surface area contributed by atoms with Crippen molar-refractivity contribution < 1.29 is 8.42 Å². The number of hydrogen-bond acceptors (Lipinski definition) is 3. The largest absolute Gasteiger partial charge is 0.327 e. The average molecular weight is 266 g/mol. The molecular weight excluding hydrogens is 248 g/mol. The summed E-state index contributed by atoms with van der Waals surface area (Å²) in [6.45, 7) is 1.22. The van der Waals surface area contributed by atoms with Crippen LogP contribution in [0.1, 0.15) is 12.8 Å². The van der Waals surface area contributed by atoms with Crippen molar-refractivity contribution in [2.24, 2.45) is 17.6 Å². The third-order valence-corrected chi connectivity index (χ3v) is 6.11. The van der Waals surface area contributed by atoms with E-state index >= 15 is 0 Å². The molecule has 0 bridgehead atoms. The minimum atomic E-state index is -3.33. The van der Waals surface area contributed by atoms with Crippen molar-refractivity contribution in [1.29, 1.82) is 0 Å². The van der Waals surface area contributed by atoms with Gasteiger partial charge in [0, 0.05) is 19.1 Å². The third-order valence-electron chi connectivity index (χ3n) is 4.26. The summed E-state index contributed by atoms with van der Waals surface area (Å²) in [4.78, 5) is 0.388. The zero-order valence-corrected chi connectivity index (χ0v) is 11.0. The number of fused-ring (bicyclic) bond motifs is 1. The van der Waals surface area contributed by atoms with E-state index in [0.29, 0.717) is 29.8 Å². The Morgan fingerprint density at radius 1 is 1.11 bits per heavy atom. The van der Waals surface area contributed by atoms with Gasteiger partial charge in [0.25, 0.3) is 0 Å². The van der Waals surface area contributed by atoms with Gasteiger partial charge in [-0.15, -0.1) is 0 Å². The topological polar surface area (TPSA) is 63.4 Å². The minimum absolute atomic E-state index is 0.172. The standard InChI is InChI=1S/C13H18N2O2S/c14-13-7-6-10-8-15(9-12(10)13)18(16,17)11-4-2-1-3-5-11/h1-5,10,12-13H,6-9,14H2/t10-,12+,13+/m0/s1. The van der Waals surface area contributed by atoms with Crippen molar-refractivity contribution in [2.45, 2.75) is 23.8 Å². The number of benzene rings is 1. The van der Waals surface area contributed by atoms with E-state index in [1.54, 1.807) is 28.6 Å². The van der Waals surface area contributed by atoms with Crippen LogP contribution in [-0.4, -0.2) is 31.9 Å². The van der Waals surface area contributed by atoms with Crippen LogP contribution in [0.15, 0.2) is 35.2 Å². The molecule has 0 aromatic heterocycles. The molecule has 3 atom stereocenters. The summed E-state index contributed by atoms with van der Waals surface area (Å²) in [5, 5.41) is 0. The molecule has 1 heterocycles. The molecule has 98 valence electrons. The zero-order valence-electron chi connectivity index (χ0n) is 10.2. The number of sulfonamides is 1. The van der Waals surface area contributed by atoms with Gasteiger partial charge in [0.2, 0.25) is 10.0 Å². The monoisotopic (exact) mass is 266 g/mol. The van der Waals surface area contributed by atoms with E-state index in [0.717, 1.165) is 12.8 Å². The Labute approximate surface area is 108 Å². The summed E-state index contributed by atoms with van der Waals surface area (Å²) < 4.78 is 26.5. The maximum absolute atomic E-state index is 12.5. The van der Waals surface area contributed by atoms with Crippen LogP contribution >= 0.6 is 0 Å². The minimum Gasteiger partial charge on any atom is -0.327 e. The average Bonchev–Trinajstić information content (AvgIpc) is 2.94. The van der Waals surface area contributed by atoms with Crippen LogP contribution in [0.5, 0.6) is 0 Å². The molecule has 5 heteroatoms.